The van der Waals surface area contributed by atoms with Crippen molar-refractivity contribution >= 4 is 11.8 Å². The zero-order valence-corrected chi connectivity index (χ0v) is 9.77. The Labute approximate surface area is 94.1 Å². The number of thioether (sulfide) groups is 1. The molecule has 0 bridgehead atoms. The molecular formula is C12H14N2S. The van der Waals surface area contributed by atoms with Gasteiger partial charge in [0.1, 0.15) is 5.82 Å². The second-order valence-electron chi connectivity index (χ2n) is 3.50. The fourth-order valence-corrected chi connectivity index (χ4v) is 2.40. The minimum Gasteiger partial charge on any atom is -0.346 e. The molecule has 2 rings (SSSR count). The van der Waals surface area contributed by atoms with Gasteiger partial charge in [0.15, 0.2) is 0 Å². The van der Waals surface area contributed by atoms with Crippen LogP contribution in [0.15, 0.2) is 35.2 Å². The molecule has 0 amide bonds. The van der Waals surface area contributed by atoms with Crippen molar-refractivity contribution in [3.63, 3.8) is 0 Å². The number of hydrogen-bond donors (Lipinski definition) is 1. The molecule has 0 spiro atoms. The van der Waals surface area contributed by atoms with Gasteiger partial charge in [-0.25, -0.2) is 4.98 Å². The number of nitrogens with zero attached hydrogens (tertiary/aromatic N) is 1. The molecule has 0 saturated carbocycles. The first-order valence-corrected chi connectivity index (χ1v) is 5.94. The highest BCUT2D eigenvalue weighted by molar-refractivity contribution is 7.98. The van der Waals surface area contributed by atoms with Crippen LogP contribution in [0.25, 0.3) is 0 Å². The Bertz CT molecular complexity index is 434. The van der Waals surface area contributed by atoms with Gasteiger partial charge in [-0.05, 0) is 26.0 Å². The predicted octanol–water partition coefficient (Wildman–Crippen LogP) is 3.32. The maximum absolute atomic E-state index is 4.45. The summed E-state index contributed by atoms with van der Waals surface area (Å²) in [7, 11) is 0. The summed E-state index contributed by atoms with van der Waals surface area (Å²) >= 11 is 1.82. The van der Waals surface area contributed by atoms with E-state index in [0.717, 1.165) is 17.3 Å². The smallest absolute Gasteiger partial charge is 0.103 e. The molecule has 0 aliphatic heterocycles. The number of hydrogen-bond acceptors (Lipinski definition) is 2. The van der Waals surface area contributed by atoms with Crippen molar-refractivity contribution in [3.05, 3.63) is 47.5 Å². The second kappa shape index (κ2) is 4.53. The van der Waals surface area contributed by atoms with Crippen molar-refractivity contribution in [2.24, 2.45) is 0 Å². The van der Waals surface area contributed by atoms with Crippen LogP contribution in [0.5, 0.6) is 0 Å². The third-order valence-electron chi connectivity index (χ3n) is 2.22. The summed E-state index contributed by atoms with van der Waals surface area (Å²) in [6.07, 6.45) is 0. The van der Waals surface area contributed by atoms with Gasteiger partial charge in [0.25, 0.3) is 0 Å². The summed E-state index contributed by atoms with van der Waals surface area (Å²) in [5, 5.41) is 0. The summed E-state index contributed by atoms with van der Waals surface area (Å²) < 4.78 is 0. The first-order chi connectivity index (χ1) is 7.25. The van der Waals surface area contributed by atoms with Crippen LogP contribution < -0.4 is 0 Å². The molecule has 0 fully saturated rings. The number of nitrogens with one attached hydrogen (secondary N) is 1. The minimum absolute atomic E-state index is 0.931. The van der Waals surface area contributed by atoms with Gasteiger partial charge in [-0.15, -0.1) is 11.8 Å². The number of benzene rings is 1. The van der Waals surface area contributed by atoms with E-state index in [0.29, 0.717) is 0 Å². The molecule has 2 aromatic rings. The van der Waals surface area contributed by atoms with E-state index in [9.17, 15) is 0 Å². The van der Waals surface area contributed by atoms with Crippen LogP contribution in [0, 0.1) is 13.8 Å². The molecule has 2 nitrogen and oxygen atoms in total. The van der Waals surface area contributed by atoms with Gasteiger partial charge in [-0.2, -0.15) is 0 Å². The Morgan fingerprint density at radius 1 is 1.20 bits per heavy atom. The molecule has 1 aromatic heterocycles. The van der Waals surface area contributed by atoms with Gasteiger partial charge < -0.3 is 4.98 Å². The van der Waals surface area contributed by atoms with Crippen LogP contribution >= 0.6 is 11.8 Å². The Balaban J connectivity index is 2.02. The van der Waals surface area contributed by atoms with Crippen LogP contribution in [0.2, 0.25) is 0 Å². The van der Waals surface area contributed by atoms with Gasteiger partial charge in [0.2, 0.25) is 0 Å². The quantitative estimate of drug-likeness (QED) is 0.801. The van der Waals surface area contributed by atoms with Crippen molar-refractivity contribution in [2.45, 2.75) is 24.5 Å². The second-order valence-corrected chi connectivity index (χ2v) is 4.54. The number of H-pyrrole nitrogens is 1. The lowest BCUT2D eigenvalue weighted by Crippen LogP contribution is -1.84. The van der Waals surface area contributed by atoms with Gasteiger partial charge in [0.05, 0.1) is 5.69 Å². The molecule has 0 radical (unpaired) electrons. The molecule has 0 saturated heterocycles. The fourth-order valence-electron chi connectivity index (χ4n) is 1.47. The van der Waals surface area contributed by atoms with Gasteiger partial charge in [-0.1, -0.05) is 18.2 Å². The Kier molecular flexibility index (Phi) is 3.11. The van der Waals surface area contributed by atoms with Gasteiger partial charge in [-0.3, -0.25) is 0 Å². The normalized spacial score (nSPS) is 10.5. The Hall–Kier alpha value is -1.22. The molecule has 3 heteroatoms. The number of rotatable bonds is 3. The largest absolute Gasteiger partial charge is 0.346 e. The fraction of sp³-hybridized carbons (Fsp3) is 0.250. The van der Waals surface area contributed by atoms with Crippen LogP contribution in [-0.4, -0.2) is 9.97 Å². The van der Waals surface area contributed by atoms with E-state index in [4.69, 9.17) is 0 Å². The molecule has 15 heavy (non-hydrogen) atoms. The molecular weight excluding hydrogens is 204 g/mol. The first-order valence-electron chi connectivity index (χ1n) is 4.95. The highest BCUT2D eigenvalue weighted by atomic mass is 32.2. The van der Waals surface area contributed by atoms with Gasteiger partial charge in [0, 0.05) is 16.3 Å². The van der Waals surface area contributed by atoms with Crippen LogP contribution in [0.4, 0.5) is 0 Å². The minimum atomic E-state index is 0.931. The molecule has 78 valence electrons. The highest BCUT2D eigenvalue weighted by Crippen LogP contribution is 2.22. The molecule has 0 aliphatic carbocycles. The maximum Gasteiger partial charge on any atom is 0.103 e. The molecule has 1 heterocycles. The predicted molar refractivity (Wildman–Crippen MR) is 64.1 cm³/mol. The SMILES string of the molecule is Cc1nc(CSc2ccccc2)c(C)[nH]1. The lowest BCUT2D eigenvalue weighted by atomic mass is 10.4. The lowest BCUT2D eigenvalue weighted by Gasteiger charge is -1.99. The Morgan fingerprint density at radius 2 is 1.93 bits per heavy atom. The zero-order chi connectivity index (χ0) is 10.7. The van der Waals surface area contributed by atoms with E-state index in [-0.39, 0.29) is 0 Å². The summed E-state index contributed by atoms with van der Waals surface area (Å²) in [5.41, 5.74) is 2.33. The average Bonchev–Trinajstić information content (AvgIpc) is 2.56. The van der Waals surface area contributed by atoms with E-state index in [1.807, 2.05) is 24.8 Å². The zero-order valence-electron chi connectivity index (χ0n) is 8.95. The van der Waals surface area contributed by atoms with Crippen LogP contribution in [0.3, 0.4) is 0 Å². The van der Waals surface area contributed by atoms with E-state index < -0.39 is 0 Å². The molecule has 0 unspecified atom stereocenters. The molecule has 0 atom stereocenters. The molecule has 0 aliphatic rings. The van der Waals surface area contributed by atoms with E-state index in [1.54, 1.807) is 0 Å². The van der Waals surface area contributed by atoms with Crippen molar-refractivity contribution in [1.29, 1.82) is 0 Å². The standard InChI is InChI=1S/C12H14N2S/c1-9-12(14-10(2)13-9)8-15-11-6-4-3-5-7-11/h3-7H,8H2,1-2H3,(H,13,14). The maximum atomic E-state index is 4.45. The van der Waals surface area contributed by atoms with Crippen molar-refractivity contribution in [2.75, 3.05) is 0 Å². The topological polar surface area (TPSA) is 28.7 Å². The molecule has 1 aromatic carbocycles. The summed E-state index contributed by atoms with van der Waals surface area (Å²) in [6, 6.07) is 10.4. The Morgan fingerprint density at radius 3 is 2.53 bits per heavy atom. The lowest BCUT2D eigenvalue weighted by molar-refractivity contribution is 1.12. The van der Waals surface area contributed by atoms with Crippen LogP contribution in [-0.2, 0) is 5.75 Å². The third-order valence-corrected chi connectivity index (χ3v) is 3.25. The number of aromatic amines is 1. The summed E-state index contributed by atoms with van der Waals surface area (Å²) in [6.45, 7) is 4.06. The van der Waals surface area contributed by atoms with E-state index in [2.05, 4.69) is 41.2 Å². The number of aryl methyl sites for hydroxylation is 2. The van der Waals surface area contributed by atoms with Crippen LogP contribution in [0.1, 0.15) is 17.2 Å². The van der Waals surface area contributed by atoms with Crippen molar-refractivity contribution < 1.29 is 0 Å². The van der Waals surface area contributed by atoms with Gasteiger partial charge >= 0.3 is 0 Å². The number of imidazole rings is 1. The van der Waals surface area contributed by atoms with Crippen molar-refractivity contribution in [1.82, 2.24) is 9.97 Å². The monoisotopic (exact) mass is 218 g/mol. The third kappa shape index (κ3) is 2.63. The highest BCUT2D eigenvalue weighted by Gasteiger charge is 2.03. The van der Waals surface area contributed by atoms with E-state index in [1.165, 1.54) is 10.6 Å². The van der Waals surface area contributed by atoms with Crippen molar-refractivity contribution in [3.8, 4) is 0 Å². The summed E-state index contributed by atoms with van der Waals surface area (Å²) in [4.78, 5) is 8.96. The van der Waals surface area contributed by atoms with E-state index >= 15 is 0 Å². The number of aromatic nitrogens is 2. The molecule has 1 N–H and O–H groups in total. The first kappa shape index (κ1) is 10.3. The summed E-state index contributed by atoms with van der Waals surface area (Å²) in [5.74, 6) is 1.93. The average molecular weight is 218 g/mol.